The zero-order valence-corrected chi connectivity index (χ0v) is 12.8. The van der Waals surface area contributed by atoms with Gasteiger partial charge in [0.2, 0.25) is 11.8 Å². The summed E-state index contributed by atoms with van der Waals surface area (Å²) in [5.74, 6) is 0.201. The molecule has 0 saturated carbocycles. The number of nitrogens with one attached hydrogen (secondary N) is 1. The number of hydrogen-bond donors (Lipinski definition) is 1. The molecule has 1 aromatic rings. The molecule has 1 aromatic carbocycles. The van der Waals surface area contributed by atoms with Gasteiger partial charge in [-0.1, -0.05) is 44.2 Å². The average Bonchev–Trinajstić information content (AvgIpc) is 2.86. The van der Waals surface area contributed by atoms with Crippen molar-refractivity contribution in [1.29, 1.82) is 0 Å². The van der Waals surface area contributed by atoms with Crippen LogP contribution in [0.25, 0.3) is 0 Å². The monoisotopic (exact) mass is 288 g/mol. The normalized spacial score (nSPS) is 16.3. The van der Waals surface area contributed by atoms with Crippen molar-refractivity contribution in [2.75, 3.05) is 13.1 Å². The van der Waals surface area contributed by atoms with Gasteiger partial charge in [0.05, 0.1) is 0 Å². The third kappa shape index (κ3) is 4.06. The molecule has 114 valence electrons. The summed E-state index contributed by atoms with van der Waals surface area (Å²) in [6.07, 6.45) is 2.24. The van der Waals surface area contributed by atoms with Gasteiger partial charge in [-0.2, -0.15) is 0 Å². The van der Waals surface area contributed by atoms with E-state index in [1.807, 2.05) is 32.0 Å². The van der Waals surface area contributed by atoms with E-state index in [4.69, 9.17) is 0 Å². The van der Waals surface area contributed by atoms with Crippen LogP contribution >= 0.6 is 0 Å². The van der Waals surface area contributed by atoms with Gasteiger partial charge in [-0.3, -0.25) is 9.59 Å². The lowest BCUT2D eigenvalue weighted by atomic mass is 10.0. The summed E-state index contributed by atoms with van der Waals surface area (Å²) < 4.78 is 0. The number of rotatable bonds is 6. The van der Waals surface area contributed by atoms with Gasteiger partial charge in [0.15, 0.2) is 0 Å². The van der Waals surface area contributed by atoms with Crippen molar-refractivity contribution < 1.29 is 9.59 Å². The fraction of sp³-hybridized carbons (Fsp3) is 0.529. The summed E-state index contributed by atoms with van der Waals surface area (Å²) in [4.78, 5) is 26.0. The van der Waals surface area contributed by atoms with E-state index in [1.165, 1.54) is 5.56 Å². The molecule has 0 spiro atoms. The van der Waals surface area contributed by atoms with Crippen molar-refractivity contribution in [3.63, 3.8) is 0 Å². The van der Waals surface area contributed by atoms with Gasteiger partial charge in [-0.15, -0.1) is 0 Å². The Hall–Kier alpha value is -1.84. The van der Waals surface area contributed by atoms with Crippen molar-refractivity contribution >= 4 is 11.8 Å². The molecule has 1 unspecified atom stereocenters. The molecule has 4 nitrogen and oxygen atoms in total. The third-order valence-electron chi connectivity index (χ3n) is 3.90. The van der Waals surface area contributed by atoms with Gasteiger partial charge in [0.1, 0.15) is 6.04 Å². The quantitative estimate of drug-likeness (QED) is 0.870. The molecule has 0 bridgehead atoms. The van der Waals surface area contributed by atoms with E-state index in [9.17, 15) is 9.59 Å². The first kappa shape index (κ1) is 15.5. The number of carbonyl (C=O) groups is 2. The van der Waals surface area contributed by atoms with Crippen molar-refractivity contribution in [3.05, 3.63) is 35.9 Å². The first-order chi connectivity index (χ1) is 10.1. The number of likely N-dealkylation sites (tertiary alicyclic amines) is 1. The number of hydrogen-bond acceptors (Lipinski definition) is 2. The van der Waals surface area contributed by atoms with Crippen molar-refractivity contribution in [3.8, 4) is 0 Å². The summed E-state index contributed by atoms with van der Waals surface area (Å²) in [7, 11) is 0. The summed E-state index contributed by atoms with van der Waals surface area (Å²) in [5.41, 5.74) is 1.20. The minimum atomic E-state index is -0.337. The fourth-order valence-corrected chi connectivity index (χ4v) is 2.85. The van der Waals surface area contributed by atoms with E-state index in [1.54, 1.807) is 4.90 Å². The molecule has 0 aliphatic carbocycles. The minimum Gasteiger partial charge on any atom is -0.354 e. The van der Waals surface area contributed by atoms with Crippen LogP contribution in [0.5, 0.6) is 0 Å². The molecule has 1 N–H and O–H groups in total. The Labute approximate surface area is 126 Å². The van der Waals surface area contributed by atoms with Crippen LogP contribution in [0.1, 0.15) is 32.3 Å². The molecular formula is C17H24N2O2. The Kier molecular flexibility index (Phi) is 5.37. The minimum absolute atomic E-state index is 0.0313. The highest BCUT2D eigenvalue weighted by atomic mass is 16.2. The van der Waals surface area contributed by atoms with Crippen LogP contribution in [0, 0.1) is 5.92 Å². The first-order valence-corrected chi connectivity index (χ1v) is 7.70. The summed E-state index contributed by atoms with van der Waals surface area (Å²) in [6.45, 7) is 5.29. The molecule has 2 rings (SSSR count). The second-order valence-corrected chi connectivity index (χ2v) is 5.91. The van der Waals surface area contributed by atoms with E-state index in [0.29, 0.717) is 19.5 Å². The molecule has 1 aliphatic heterocycles. The van der Waals surface area contributed by atoms with E-state index in [-0.39, 0.29) is 23.8 Å². The van der Waals surface area contributed by atoms with Gasteiger partial charge < -0.3 is 10.2 Å². The fourth-order valence-electron chi connectivity index (χ4n) is 2.85. The molecule has 1 saturated heterocycles. The number of benzene rings is 1. The second-order valence-electron chi connectivity index (χ2n) is 5.91. The predicted molar refractivity (Wildman–Crippen MR) is 82.7 cm³/mol. The van der Waals surface area contributed by atoms with E-state index < -0.39 is 0 Å². The first-order valence-electron chi connectivity index (χ1n) is 7.70. The van der Waals surface area contributed by atoms with Crippen molar-refractivity contribution in [2.45, 2.75) is 39.2 Å². The smallest absolute Gasteiger partial charge is 0.243 e. The van der Waals surface area contributed by atoms with Crippen LogP contribution in [0.2, 0.25) is 0 Å². The summed E-state index contributed by atoms with van der Waals surface area (Å²) in [6, 6.07) is 9.74. The third-order valence-corrected chi connectivity index (χ3v) is 3.90. The molecule has 4 heteroatoms. The van der Waals surface area contributed by atoms with Crippen molar-refractivity contribution in [2.24, 2.45) is 5.92 Å². The van der Waals surface area contributed by atoms with Crippen LogP contribution in [-0.4, -0.2) is 35.8 Å². The van der Waals surface area contributed by atoms with E-state index in [0.717, 1.165) is 12.8 Å². The Bertz CT molecular complexity index is 485. The Morgan fingerprint density at radius 3 is 2.57 bits per heavy atom. The molecule has 1 atom stereocenters. The maximum atomic E-state index is 12.4. The summed E-state index contributed by atoms with van der Waals surface area (Å²) in [5, 5.41) is 2.98. The van der Waals surface area contributed by atoms with Crippen LogP contribution < -0.4 is 5.32 Å². The Balaban J connectivity index is 1.89. The lowest BCUT2D eigenvalue weighted by molar-refractivity contribution is -0.139. The zero-order chi connectivity index (χ0) is 15.2. The van der Waals surface area contributed by atoms with Gasteiger partial charge in [-0.25, -0.2) is 0 Å². The lowest BCUT2D eigenvalue weighted by Gasteiger charge is -2.29. The molecule has 0 aromatic heterocycles. The van der Waals surface area contributed by atoms with Gasteiger partial charge in [-0.05, 0) is 24.3 Å². The van der Waals surface area contributed by atoms with Crippen molar-refractivity contribution in [1.82, 2.24) is 10.2 Å². The summed E-state index contributed by atoms with van der Waals surface area (Å²) >= 11 is 0. The largest absolute Gasteiger partial charge is 0.354 e. The van der Waals surface area contributed by atoms with E-state index in [2.05, 4.69) is 17.4 Å². The molecule has 1 fully saturated rings. The van der Waals surface area contributed by atoms with Crippen LogP contribution in [-0.2, 0) is 16.0 Å². The molecule has 2 amide bonds. The number of amides is 2. The highest BCUT2D eigenvalue weighted by molar-refractivity contribution is 5.88. The molecule has 21 heavy (non-hydrogen) atoms. The van der Waals surface area contributed by atoms with Crippen LogP contribution in [0.15, 0.2) is 30.3 Å². The lowest BCUT2D eigenvalue weighted by Crippen LogP contribution is -2.50. The maximum absolute atomic E-state index is 12.4. The average molecular weight is 288 g/mol. The molecule has 1 aliphatic rings. The Morgan fingerprint density at radius 2 is 2.00 bits per heavy atom. The SMILES string of the molecule is CC(C)C(C(=O)NCCc1ccccc1)N1CCCC1=O. The van der Waals surface area contributed by atoms with Crippen LogP contribution in [0.4, 0.5) is 0 Å². The molecule has 0 radical (unpaired) electrons. The highest BCUT2D eigenvalue weighted by Gasteiger charge is 2.34. The van der Waals surface area contributed by atoms with Gasteiger partial charge in [0.25, 0.3) is 0 Å². The number of nitrogens with zero attached hydrogens (tertiary/aromatic N) is 1. The zero-order valence-electron chi connectivity index (χ0n) is 12.8. The predicted octanol–water partition coefficient (Wildman–Crippen LogP) is 1.99. The molecular weight excluding hydrogens is 264 g/mol. The standard InChI is InChI=1S/C17H24N2O2/c1-13(2)16(19-12-6-9-15(19)20)17(21)18-11-10-14-7-4-3-5-8-14/h3-5,7-8,13,16H,6,9-12H2,1-2H3,(H,18,21). The van der Waals surface area contributed by atoms with E-state index >= 15 is 0 Å². The topological polar surface area (TPSA) is 49.4 Å². The maximum Gasteiger partial charge on any atom is 0.243 e. The van der Waals surface area contributed by atoms with Gasteiger partial charge in [0, 0.05) is 19.5 Å². The molecule has 1 heterocycles. The Morgan fingerprint density at radius 1 is 1.29 bits per heavy atom. The van der Waals surface area contributed by atoms with Crippen LogP contribution in [0.3, 0.4) is 0 Å². The van der Waals surface area contributed by atoms with Gasteiger partial charge >= 0.3 is 0 Å². The number of carbonyl (C=O) groups excluding carboxylic acids is 2. The highest BCUT2D eigenvalue weighted by Crippen LogP contribution is 2.19. The second kappa shape index (κ2) is 7.25.